The van der Waals surface area contributed by atoms with Crippen molar-refractivity contribution in [3.8, 4) is 5.75 Å². The van der Waals surface area contributed by atoms with Gasteiger partial charge in [0.1, 0.15) is 22.9 Å². The highest BCUT2D eigenvalue weighted by atomic mass is 19.4. The summed E-state index contributed by atoms with van der Waals surface area (Å²) in [7, 11) is 0. The summed E-state index contributed by atoms with van der Waals surface area (Å²) in [6, 6.07) is 11.9. The maximum absolute atomic E-state index is 13.4. The van der Waals surface area contributed by atoms with E-state index in [0.29, 0.717) is 35.8 Å². The Balaban J connectivity index is 1.87. The van der Waals surface area contributed by atoms with Crippen molar-refractivity contribution in [3.05, 3.63) is 66.1 Å². The number of ether oxygens (including phenoxy) is 1. The second kappa shape index (κ2) is 8.98. The lowest BCUT2D eigenvalue weighted by atomic mass is 10.2. The highest BCUT2D eigenvalue weighted by molar-refractivity contribution is 5.63. The molecule has 0 fully saturated rings. The zero-order valence-corrected chi connectivity index (χ0v) is 16.3. The van der Waals surface area contributed by atoms with Crippen LogP contribution in [0.2, 0.25) is 0 Å². The van der Waals surface area contributed by atoms with Gasteiger partial charge in [-0.1, -0.05) is 19.9 Å². The van der Waals surface area contributed by atoms with Gasteiger partial charge in [-0.05, 0) is 42.3 Å². The molecule has 0 aliphatic carbocycles. The van der Waals surface area contributed by atoms with Crippen LogP contribution in [0.25, 0.3) is 0 Å². The van der Waals surface area contributed by atoms with E-state index in [4.69, 9.17) is 4.74 Å². The van der Waals surface area contributed by atoms with E-state index >= 15 is 0 Å². The summed E-state index contributed by atoms with van der Waals surface area (Å²) >= 11 is 0. The first-order chi connectivity index (χ1) is 14.2. The summed E-state index contributed by atoms with van der Waals surface area (Å²) in [6.07, 6.45) is -3.96. The molecule has 0 aliphatic rings. The number of benzene rings is 2. The molecule has 3 aromatic rings. The largest absolute Gasteiger partial charge is 0.493 e. The minimum atomic E-state index is -4.65. The van der Waals surface area contributed by atoms with E-state index in [9.17, 15) is 17.6 Å². The van der Waals surface area contributed by atoms with Crippen LogP contribution in [0.1, 0.15) is 19.4 Å². The van der Waals surface area contributed by atoms with Crippen molar-refractivity contribution in [3.63, 3.8) is 0 Å². The topological polar surface area (TPSA) is 59.1 Å². The number of alkyl halides is 3. The van der Waals surface area contributed by atoms with Crippen LogP contribution in [0.3, 0.4) is 0 Å². The molecule has 9 heteroatoms. The van der Waals surface area contributed by atoms with Crippen molar-refractivity contribution >= 4 is 23.1 Å². The average Bonchev–Trinajstić information content (AvgIpc) is 2.68. The molecule has 158 valence electrons. The molecule has 0 unspecified atom stereocenters. The van der Waals surface area contributed by atoms with Gasteiger partial charge in [0.2, 0.25) is 5.95 Å². The van der Waals surface area contributed by atoms with Crippen molar-refractivity contribution < 1.29 is 22.3 Å². The summed E-state index contributed by atoms with van der Waals surface area (Å²) in [5.74, 6) is -0.0790. The minimum absolute atomic E-state index is 0.0654. The standard InChI is InChI=1S/C21H20F4N4O/c1-13(2)12-30-17-5-3-4-16(10-17)27-19-18(21(23,24)25)11-26-20(29-19)28-15-8-6-14(22)7-9-15/h3-11,13H,12H2,1-2H3,(H2,26,27,28,29). The second-order valence-electron chi connectivity index (χ2n) is 6.94. The molecule has 0 radical (unpaired) electrons. The summed E-state index contributed by atoms with van der Waals surface area (Å²) in [6.45, 7) is 4.47. The Bertz CT molecular complexity index is 991. The smallest absolute Gasteiger partial charge is 0.421 e. The number of aromatic nitrogens is 2. The first-order valence-electron chi connectivity index (χ1n) is 9.17. The van der Waals surface area contributed by atoms with Crippen LogP contribution in [-0.2, 0) is 6.18 Å². The van der Waals surface area contributed by atoms with Crippen molar-refractivity contribution in [1.82, 2.24) is 9.97 Å². The Hall–Kier alpha value is -3.36. The lowest BCUT2D eigenvalue weighted by Crippen LogP contribution is -2.12. The Morgan fingerprint density at radius 2 is 1.73 bits per heavy atom. The zero-order valence-electron chi connectivity index (χ0n) is 16.3. The summed E-state index contributed by atoms with van der Waals surface area (Å²) in [4.78, 5) is 7.70. The van der Waals surface area contributed by atoms with Crippen molar-refractivity contribution in [1.29, 1.82) is 0 Å². The second-order valence-corrected chi connectivity index (χ2v) is 6.94. The predicted octanol–water partition coefficient (Wildman–Crippen LogP) is 6.16. The van der Waals surface area contributed by atoms with Gasteiger partial charge < -0.3 is 15.4 Å². The Morgan fingerprint density at radius 1 is 1.00 bits per heavy atom. The Morgan fingerprint density at radius 3 is 2.40 bits per heavy atom. The van der Waals surface area contributed by atoms with Gasteiger partial charge in [-0.2, -0.15) is 18.2 Å². The third kappa shape index (κ3) is 5.82. The fourth-order valence-corrected chi connectivity index (χ4v) is 2.47. The number of nitrogens with one attached hydrogen (secondary N) is 2. The maximum atomic E-state index is 13.4. The van der Waals surface area contributed by atoms with Gasteiger partial charge in [0.15, 0.2) is 0 Å². The first-order valence-corrected chi connectivity index (χ1v) is 9.17. The van der Waals surface area contributed by atoms with E-state index in [0.717, 1.165) is 0 Å². The Labute approximate surface area is 171 Å². The minimum Gasteiger partial charge on any atom is -0.493 e. The third-order valence-electron chi connectivity index (χ3n) is 3.87. The SMILES string of the molecule is CC(C)COc1cccc(Nc2nc(Nc3ccc(F)cc3)ncc2C(F)(F)F)c1. The fraction of sp³-hybridized carbons (Fsp3) is 0.238. The molecule has 0 bridgehead atoms. The van der Waals surface area contributed by atoms with Crippen LogP contribution in [0.4, 0.5) is 40.7 Å². The molecule has 0 saturated carbocycles. The van der Waals surface area contributed by atoms with Gasteiger partial charge in [-0.25, -0.2) is 9.37 Å². The number of halogens is 4. The van der Waals surface area contributed by atoms with Gasteiger partial charge >= 0.3 is 6.18 Å². The lowest BCUT2D eigenvalue weighted by molar-refractivity contribution is -0.137. The van der Waals surface area contributed by atoms with E-state index in [-0.39, 0.29) is 5.95 Å². The summed E-state index contributed by atoms with van der Waals surface area (Å²) < 4.78 is 59.0. The van der Waals surface area contributed by atoms with E-state index in [1.165, 1.54) is 24.3 Å². The van der Waals surface area contributed by atoms with E-state index in [2.05, 4.69) is 20.6 Å². The summed E-state index contributed by atoms with van der Waals surface area (Å²) in [5, 5.41) is 5.45. The van der Waals surface area contributed by atoms with Crippen LogP contribution in [0, 0.1) is 11.7 Å². The maximum Gasteiger partial charge on any atom is 0.421 e. The number of hydrogen-bond acceptors (Lipinski definition) is 5. The van der Waals surface area contributed by atoms with Gasteiger partial charge in [0, 0.05) is 23.6 Å². The first kappa shape index (κ1) is 21.4. The zero-order chi connectivity index (χ0) is 21.7. The third-order valence-corrected chi connectivity index (χ3v) is 3.87. The van der Waals surface area contributed by atoms with Crippen LogP contribution in [0.15, 0.2) is 54.7 Å². The molecule has 2 N–H and O–H groups in total. The molecule has 0 spiro atoms. The number of nitrogens with zero attached hydrogens (tertiary/aromatic N) is 2. The predicted molar refractivity (Wildman–Crippen MR) is 107 cm³/mol. The van der Waals surface area contributed by atoms with Crippen LogP contribution >= 0.6 is 0 Å². The number of anilines is 4. The van der Waals surface area contributed by atoms with E-state index < -0.39 is 23.4 Å². The van der Waals surface area contributed by atoms with Crippen molar-refractivity contribution in [2.75, 3.05) is 17.2 Å². The molecule has 5 nitrogen and oxygen atoms in total. The fourth-order valence-electron chi connectivity index (χ4n) is 2.47. The van der Waals surface area contributed by atoms with Crippen LogP contribution < -0.4 is 15.4 Å². The van der Waals surface area contributed by atoms with Crippen LogP contribution in [-0.4, -0.2) is 16.6 Å². The highest BCUT2D eigenvalue weighted by Crippen LogP contribution is 2.35. The monoisotopic (exact) mass is 420 g/mol. The summed E-state index contributed by atoms with van der Waals surface area (Å²) in [5.41, 5.74) is -0.194. The molecule has 0 atom stereocenters. The number of hydrogen-bond donors (Lipinski definition) is 2. The van der Waals surface area contributed by atoms with Gasteiger partial charge in [0.25, 0.3) is 0 Å². The van der Waals surface area contributed by atoms with Crippen LogP contribution in [0.5, 0.6) is 5.75 Å². The molecule has 1 aromatic heterocycles. The van der Waals surface area contributed by atoms with Crippen molar-refractivity contribution in [2.45, 2.75) is 20.0 Å². The molecule has 0 saturated heterocycles. The quantitative estimate of drug-likeness (QED) is 0.449. The molecular weight excluding hydrogens is 400 g/mol. The Kier molecular flexibility index (Phi) is 6.39. The molecule has 0 aliphatic heterocycles. The normalized spacial score (nSPS) is 11.4. The van der Waals surface area contributed by atoms with Crippen molar-refractivity contribution in [2.24, 2.45) is 5.92 Å². The van der Waals surface area contributed by atoms with Gasteiger partial charge in [-0.15, -0.1) is 0 Å². The average molecular weight is 420 g/mol. The molecule has 1 heterocycles. The van der Waals surface area contributed by atoms with E-state index in [1.807, 2.05) is 13.8 Å². The van der Waals surface area contributed by atoms with E-state index in [1.54, 1.807) is 24.3 Å². The number of rotatable bonds is 7. The highest BCUT2D eigenvalue weighted by Gasteiger charge is 2.35. The lowest BCUT2D eigenvalue weighted by Gasteiger charge is -2.16. The molecular formula is C21H20F4N4O. The van der Waals surface area contributed by atoms with Gasteiger partial charge in [0.05, 0.1) is 6.61 Å². The molecule has 0 amide bonds. The molecule has 2 aromatic carbocycles. The van der Waals surface area contributed by atoms with Gasteiger partial charge in [-0.3, -0.25) is 0 Å². The molecule has 30 heavy (non-hydrogen) atoms. The molecule has 3 rings (SSSR count).